The van der Waals surface area contributed by atoms with Gasteiger partial charge in [0, 0.05) is 30.2 Å². The summed E-state index contributed by atoms with van der Waals surface area (Å²) in [5.74, 6) is 0.660. The highest BCUT2D eigenvalue weighted by Gasteiger charge is 2.36. The molecule has 1 atom stereocenters. The Balaban J connectivity index is 1.63. The molecule has 4 aromatic rings. The van der Waals surface area contributed by atoms with Gasteiger partial charge >= 0.3 is 0 Å². The van der Waals surface area contributed by atoms with Gasteiger partial charge < -0.3 is 4.42 Å². The summed E-state index contributed by atoms with van der Waals surface area (Å²) in [5.41, 5.74) is 5.74. The van der Waals surface area contributed by atoms with Gasteiger partial charge in [-0.3, -0.25) is 4.79 Å². The van der Waals surface area contributed by atoms with E-state index in [1.807, 2.05) is 60.3 Å². The Morgan fingerprint density at radius 2 is 1.84 bits per heavy atom. The van der Waals surface area contributed by atoms with Crippen molar-refractivity contribution < 1.29 is 9.21 Å². The van der Waals surface area contributed by atoms with Crippen LogP contribution in [0.2, 0.25) is 0 Å². The maximum Gasteiger partial charge on any atom is 0.242 e. The second-order valence-corrected chi connectivity index (χ2v) is 7.91. The first-order chi connectivity index (χ1) is 15.6. The monoisotopic (exact) mass is 424 g/mol. The van der Waals surface area contributed by atoms with Crippen LogP contribution in [0.25, 0.3) is 16.9 Å². The maximum absolute atomic E-state index is 12.8. The summed E-state index contributed by atoms with van der Waals surface area (Å²) in [7, 11) is 0. The summed E-state index contributed by atoms with van der Waals surface area (Å²) in [6, 6.07) is 21.8. The minimum absolute atomic E-state index is 0.0288. The second kappa shape index (κ2) is 8.30. The van der Waals surface area contributed by atoms with Crippen LogP contribution in [0.3, 0.4) is 0 Å². The molecule has 2 aromatic carbocycles. The van der Waals surface area contributed by atoms with Crippen LogP contribution in [-0.4, -0.2) is 26.4 Å². The molecule has 2 aromatic heterocycles. The fourth-order valence-corrected chi connectivity index (χ4v) is 4.02. The van der Waals surface area contributed by atoms with Crippen LogP contribution in [0.1, 0.15) is 42.7 Å². The number of furan rings is 1. The van der Waals surface area contributed by atoms with Gasteiger partial charge in [0.25, 0.3) is 0 Å². The first-order valence-corrected chi connectivity index (χ1v) is 10.8. The van der Waals surface area contributed by atoms with Crippen molar-refractivity contribution in [3.05, 3.63) is 96.1 Å². The third kappa shape index (κ3) is 3.64. The quantitative estimate of drug-likeness (QED) is 0.423. The smallest absolute Gasteiger partial charge is 0.242 e. The molecular formula is C26H24N4O2. The average molecular weight is 425 g/mol. The van der Waals surface area contributed by atoms with E-state index < -0.39 is 0 Å². The van der Waals surface area contributed by atoms with Crippen molar-refractivity contribution in [3.63, 3.8) is 0 Å². The molecule has 160 valence electrons. The van der Waals surface area contributed by atoms with Crippen molar-refractivity contribution in [2.45, 2.75) is 32.7 Å². The summed E-state index contributed by atoms with van der Waals surface area (Å²) in [4.78, 5) is 12.8. The number of amides is 1. The van der Waals surface area contributed by atoms with Crippen LogP contribution in [0.15, 0.2) is 88.7 Å². The van der Waals surface area contributed by atoms with Gasteiger partial charge in [-0.15, -0.1) is 0 Å². The van der Waals surface area contributed by atoms with Crippen LogP contribution in [-0.2, 0) is 4.79 Å². The molecule has 0 fully saturated rings. The Morgan fingerprint density at radius 3 is 2.53 bits per heavy atom. The van der Waals surface area contributed by atoms with Crippen LogP contribution < -0.4 is 0 Å². The Kier molecular flexibility index (Phi) is 5.19. The van der Waals surface area contributed by atoms with E-state index in [2.05, 4.69) is 36.3 Å². The standard InChI is InChI=1S/C26H24N4O2/c1-3-25(31)30-23(16-22(27-30)24-10-7-15-32-24)21-17-29(20-8-5-4-6-9-20)28-26(21)19-13-11-18(2)12-14-19/h4-15,17,23H,3,16H2,1-2H3. The molecule has 6 heteroatoms. The number of aryl methyl sites for hydroxylation is 1. The molecule has 0 bridgehead atoms. The molecule has 0 saturated carbocycles. The van der Waals surface area contributed by atoms with Gasteiger partial charge in [0.1, 0.15) is 11.5 Å². The Labute approximate surface area is 186 Å². The van der Waals surface area contributed by atoms with Crippen LogP contribution in [0.5, 0.6) is 0 Å². The third-order valence-corrected chi connectivity index (χ3v) is 5.72. The second-order valence-electron chi connectivity index (χ2n) is 7.91. The summed E-state index contributed by atoms with van der Waals surface area (Å²) >= 11 is 0. The highest BCUT2D eigenvalue weighted by Crippen LogP contribution is 2.38. The predicted molar refractivity (Wildman–Crippen MR) is 123 cm³/mol. The molecule has 0 spiro atoms. The number of carbonyl (C=O) groups is 1. The van der Waals surface area contributed by atoms with E-state index in [1.54, 1.807) is 11.3 Å². The normalized spacial score (nSPS) is 15.8. The van der Waals surface area contributed by atoms with Gasteiger partial charge in [0.2, 0.25) is 5.91 Å². The molecule has 5 rings (SSSR count). The summed E-state index contributed by atoms with van der Waals surface area (Å²) in [6.45, 7) is 3.92. The van der Waals surface area contributed by atoms with E-state index >= 15 is 0 Å². The minimum Gasteiger partial charge on any atom is -0.463 e. The van der Waals surface area contributed by atoms with Gasteiger partial charge in [-0.05, 0) is 31.2 Å². The van der Waals surface area contributed by atoms with Crippen molar-refractivity contribution in [2.24, 2.45) is 5.10 Å². The number of aromatic nitrogens is 2. The lowest BCUT2D eigenvalue weighted by Crippen LogP contribution is -2.26. The Bertz CT molecular complexity index is 1260. The largest absolute Gasteiger partial charge is 0.463 e. The fourth-order valence-electron chi connectivity index (χ4n) is 4.02. The molecule has 0 N–H and O–H groups in total. The summed E-state index contributed by atoms with van der Waals surface area (Å²) in [5, 5.41) is 11.2. The zero-order chi connectivity index (χ0) is 22.1. The molecule has 1 aliphatic heterocycles. The van der Waals surface area contributed by atoms with Crippen LogP contribution >= 0.6 is 0 Å². The lowest BCUT2D eigenvalue weighted by molar-refractivity contribution is -0.132. The number of hydrazone groups is 1. The highest BCUT2D eigenvalue weighted by molar-refractivity contribution is 6.01. The highest BCUT2D eigenvalue weighted by atomic mass is 16.3. The summed E-state index contributed by atoms with van der Waals surface area (Å²) < 4.78 is 7.46. The molecule has 1 aliphatic rings. The number of carbonyl (C=O) groups excluding carboxylic acids is 1. The number of hydrogen-bond acceptors (Lipinski definition) is 4. The van der Waals surface area contributed by atoms with E-state index in [0.717, 1.165) is 28.2 Å². The fraction of sp³-hybridized carbons (Fsp3) is 0.192. The van der Waals surface area contributed by atoms with Crippen molar-refractivity contribution in [1.82, 2.24) is 14.8 Å². The van der Waals surface area contributed by atoms with Crippen molar-refractivity contribution in [3.8, 4) is 16.9 Å². The van der Waals surface area contributed by atoms with E-state index in [-0.39, 0.29) is 11.9 Å². The number of benzene rings is 2. The third-order valence-electron chi connectivity index (χ3n) is 5.72. The first kappa shape index (κ1) is 20.0. The maximum atomic E-state index is 12.8. The van der Waals surface area contributed by atoms with E-state index in [0.29, 0.717) is 18.6 Å². The molecule has 32 heavy (non-hydrogen) atoms. The lowest BCUT2D eigenvalue weighted by atomic mass is 9.97. The molecular weight excluding hydrogens is 400 g/mol. The van der Waals surface area contributed by atoms with E-state index in [4.69, 9.17) is 9.52 Å². The van der Waals surface area contributed by atoms with E-state index in [1.165, 1.54) is 5.56 Å². The van der Waals surface area contributed by atoms with Crippen LogP contribution in [0.4, 0.5) is 0 Å². The molecule has 3 heterocycles. The predicted octanol–water partition coefficient (Wildman–Crippen LogP) is 5.53. The van der Waals surface area contributed by atoms with Gasteiger partial charge in [-0.1, -0.05) is 55.0 Å². The van der Waals surface area contributed by atoms with Gasteiger partial charge in [0.05, 0.1) is 23.7 Å². The number of nitrogens with zero attached hydrogens (tertiary/aromatic N) is 4. The van der Waals surface area contributed by atoms with Gasteiger partial charge in [0.15, 0.2) is 0 Å². The zero-order valence-corrected chi connectivity index (χ0v) is 18.1. The van der Waals surface area contributed by atoms with Gasteiger partial charge in [-0.25, -0.2) is 9.69 Å². The molecule has 0 saturated heterocycles. The molecule has 1 unspecified atom stereocenters. The number of rotatable bonds is 5. The number of para-hydroxylation sites is 1. The Morgan fingerprint density at radius 1 is 1.06 bits per heavy atom. The summed E-state index contributed by atoms with van der Waals surface area (Å²) in [6.07, 6.45) is 4.59. The van der Waals surface area contributed by atoms with Crippen LogP contribution in [0, 0.1) is 6.92 Å². The van der Waals surface area contributed by atoms with Crippen molar-refractivity contribution >= 4 is 11.6 Å². The molecule has 0 aliphatic carbocycles. The van der Waals surface area contributed by atoms with Crippen molar-refractivity contribution in [2.75, 3.05) is 0 Å². The molecule has 1 amide bonds. The SMILES string of the molecule is CCC(=O)N1N=C(c2ccco2)CC1c1cn(-c2ccccc2)nc1-c1ccc(C)cc1. The topological polar surface area (TPSA) is 63.6 Å². The van der Waals surface area contributed by atoms with E-state index in [9.17, 15) is 4.79 Å². The first-order valence-electron chi connectivity index (χ1n) is 10.8. The zero-order valence-electron chi connectivity index (χ0n) is 18.1. The molecule has 6 nitrogen and oxygen atoms in total. The number of hydrogen-bond donors (Lipinski definition) is 0. The molecule has 0 radical (unpaired) electrons. The van der Waals surface area contributed by atoms with Gasteiger partial charge in [-0.2, -0.15) is 10.2 Å². The Hall–Kier alpha value is -3.93. The minimum atomic E-state index is -0.253. The average Bonchev–Trinajstić information content (AvgIpc) is 3.58. The lowest BCUT2D eigenvalue weighted by Gasteiger charge is -2.21. The van der Waals surface area contributed by atoms with Crippen molar-refractivity contribution in [1.29, 1.82) is 0 Å².